The van der Waals surface area contributed by atoms with Crippen LogP contribution in [0.4, 0.5) is 0 Å². The molecule has 0 atom stereocenters. The molecule has 0 saturated heterocycles. The standard InChI is InChI=1S/HI.Na.4H2O/h1H;;4*1H2/q;+1;;;;/p-1. The summed E-state index contributed by atoms with van der Waals surface area (Å²) in [5.74, 6) is 0. The summed E-state index contributed by atoms with van der Waals surface area (Å²) in [4.78, 5) is 0. The van der Waals surface area contributed by atoms with Crippen molar-refractivity contribution in [3.63, 3.8) is 0 Å². The van der Waals surface area contributed by atoms with Crippen molar-refractivity contribution >= 4 is 0 Å². The second-order valence-electron chi connectivity index (χ2n) is 0. The monoisotopic (exact) mass is 222 g/mol. The molecule has 6 heavy (non-hydrogen) atoms. The van der Waals surface area contributed by atoms with Crippen molar-refractivity contribution in [1.82, 2.24) is 0 Å². The van der Waals surface area contributed by atoms with Gasteiger partial charge in [0.25, 0.3) is 0 Å². The van der Waals surface area contributed by atoms with Crippen LogP contribution in [-0.4, -0.2) is 21.9 Å². The number of hydrogen-bond acceptors (Lipinski definition) is 0. The van der Waals surface area contributed by atoms with Gasteiger partial charge in [0.15, 0.2) is 0 Å². The van der Waals surface area contributed by atoms with Crippen molar-refractivity contribution in [3.8, 4) is 0 Å². The minimum atomic E-state index is 0. The van der Waals surface area contributed by atoms with Gasteiger partial charge in [0, 0.05) is 0 Å². The summed E-state index contributed by atoms with van der Waals surface area (Å²) in [6, 6.07) is 0. The first-order chi connectivity index (χ1) is 0. The van der Waals surface area contributed by atoms with Crippen molar-refractivity contribution in [2.24, 2.45) is 0 Å². The Bertz CT molecular complexity index is 7.51. The Morgan fingerprint density at radius 1 is 0.500 bits per heavy atom. The maximum Gasteiger partial charge on any atom is 1.00 e. The molecule has 0 saturated carbocycles. The molecule has 0 amide bonds. The molecule has 0 aliphatic heterocycles. The second kappa shape index (κ2) is 82.7. The third kappa shape index (κ3) is 47.2. The van der Waals surface area contributed by atoms with Crippen molar-refractivity contribution in [1.29, 1.82) is 0 Å². The summed E-state index contributed by atoms with van der Waals surface area (Å²) in [5.41, 5.74) is 0. The van der Waals surface area contributed by atoms with E-state index in [4.69, 9.17) is 0 Å². The third-order valence-electron chi connectivity index (χ3n) is 0. The first-order valence-electron chi connectivity index (χ1n) is 0. The molecule has 0 unspecified atom stereocenters. The average molecular weight is 222 g/mol. The van der Waals surface area contributed by atoms with E-state index in [9.17, 15) is 0 Å². The van der Waals surface area contributed by atoms with E-state index in [1.165, 1.54) is 0 Å². The van der Waals surface area contributed by atoms with Gasteiger partial charge in [-0.05, 0) is 0 Å². The normalized spacial score (nSPS) is 0. The van der Waals surface area contributed by atoms with Crippen molar-refractivity contribution in [3.05, 3.63) is 0 Å². The number of hydrogen-bond donors (Lipinski definition) is 0. The minimum absolute atomic E-state index is 0. The SMILES string of the molecule is O.O.O.O.[I-].[Na+]. The van der Waals surface area contributed by atoms with Crippen LogP contribution in [0.25, 0.3) is 0 Å². The molecule has 8 N–H and O–H groups in total. The Labute approximate surface area is 74.8 Å². The molecule has 0 fully saturated rings. The van der Waals surface area contributed by atoms with Gasteiger partial charge in [0.1, 0.15) is 0 Å². The first-order valence-corrected chi connectivity index (χ1v) is 0. The predicted octanol–water partition coefficient (Wildman–Crippen LogP) is -9.29. The molecule has 0 aromatic rings. The fraction of sp³-hybridized carbons (Fsp3) is 0. The van der Waals surface area contributed by atoms with Crippen LogP contribution in [0, 0.1) is 0 Å². The van der Waals surface area contributed by atoms with Gasteiger partial charge < -0.3 is 45.9 Å². The molecule has 0 bridgehead atoms. The molecule has 0 aromatic heterocycles. The van der Waals surface area contributed by atoms with E-state index >= 15 is 0 Å². The zero-order valence-corrected chi connectivity index (χ0v) is 7.54. The fourth-order valence-corrected chi connectivity index (χ4v) is 0. The van der Waals surface area contributed by atoms with Gasteiger partial charge >= 0.3 is 29.6 Å². The van der Waals surface area contributed by atoms with Crippen LogP contribution >= 0.6 is 0 Å². The van der Waals surface area contributed by atoms with Gasteiger partial charge in [-0.25, -0.2) is 0 Å². The number of rotatable bonds is 0. The molecule has 0 radical (unpaired) electrons. The Morgan fingerprint density at radius 3 is 0.500 bits per heavy atom. The summed E-state index contributed by atoms with van der Waals surface area (Å²) >= 11 is 0. The molecule has 0 aliphatic rings. The van der Waals surface area contributed by atoms with E-state index in [2.05, 4.69) is 0 Å². The molecular weight excluding hydrogens is 214 g/mol. The molecule has 0 heterocycles. The second-order valence-corrected chi connectivity index (χ2v) is 0. The largest absolute Gasteiger partial charge is 1.00 e. The van der Waals surface area contributed by atoms with Gasteiger partial charge in [-0.3, -0.25) is 0 Å². The first kappa shape index (κ1) is 133. The van der Waals surface area contributed by atoms with Gasteiger partial charge in [-0.1, -0.05) is 0 Å². The van der Waals surface area contributed by atoms with Crippen molar-refractivity contribution in [2.75, 3.05) is 0 Å². The topological polar surface area (TPSA) is 126 Å². The van der Waals surface area contributed by atoms with Gasteiger partial charge in [-0.2, -0.15) is 0 Å². The zero-order chi connectivity index (χ0) is 0. The Morgan fingerprint density at radius 2 is 0.500 bits per heavy atom. The summed E-state index contributed by atoms with van der Waals surface area (Å²) in [6.07, 6.45) is 0. The maximum absolute atomic E-state index is 0. The summed E-state index contributed by atoms with van der Waals surface area (Å²) in [6.45, 7) is 0. The van der Waals surface area contributed by atoms with Crippen LogP contribution < -0.4 is 53.5 Å². The Hall–Kier alpha value is 1.57. The van der Waals surface area contributed by atoms with E-state index in [0.717, 1.165) is 0 Å². The zero-order valence-electron chi connectivity index (χ0n) is 3.38. The van der Waals surface area contributed by atoms with Gasteiger partial charge in [-0.15, -0.1) is 0 Å². The predicted molar refractivity (Wildman–Crippen MR) is 14.5 cm³/mol. The van der Waals surface area contributed by atoms with Crippen LogP contribution in [0.15, 0.2) is 0 Å². The third-order valence-corrected chi connectivity index (χ3v) is 0. The maximum atomic E-state index is 0. The number of halogens is 1. The molecule has 4 nitrogen and oxygen atoms in total. The molecule has 6 heteroatoms. The van der Waals surface area contributed by atoms with Gasteiger partial charge in [0.05, 0.1) is 0 Å². The average Bonchev–Trinajstić information content (AvgIpc) is 0. The summed E-state index contributed by atoms with van der Waals surface area (Å²) < 4.78 is 0. The molecule has 0 spiro atoms. The van der Waals surface area contributed by atoms with Crippen molar-refractivity contribution in [2.45, 2.75) is 0 Å². The molecule has 40 valence electrons. The van der Waals surface area contributed by atoms with E-state index in [-0.39, 0.29) is 75.4 Å². The van der Waals surface area contributed by atoms with Crippen LogP contribution in [0.5, 0.6) is 0 Å². The van der Waals surface area contributed by atoms with Crippen LogP contribution in [0.2, 0.25) is 0 Å². The Balaban J connectivity index is 0. The Kier molecular flexibility index (Phi) is 1830. The van der Waals surface area contributed by atoms with Crippen LogP contribution in [-0.2, 0) is 0 Å². The van der Waals surface area contributed by atoms with E-state index < -0.39 is 0 Å². The molecular formula is H8INaO4. The molecule has 0 aromatic carbocycles. The smallest absolute Gasteiger partial charge is 1.00 e. The van der Waals surface area contributed by atoms with Crippen LogP contribution in [0.3, 0.4) is 0 Å². The van der Waals surface area contributed by atoms with E-state index in [1.807, 2.05) is 0 Å². The quantitative estimate of drug-likeness (QED) is 0.285. The van der Waals surface area contributed by atoms with E-state index in [1.54, 1.807) is 0 Å². The minimum Gasteiger partial charge on any atom is -1.00 e. The molecule has 0 aliphatic carbocycles. The van der Waals surface area contributed by atoms with Gasteiger partial charge in [0.2, 0.25) is 0 Å². The summed E-state index contributed by atoms with van der Waals surface area (Å²) in [5, 5.41) is 0. The van der Waals surface area contributed by atoms with Crippen LogP contribution in [0.1, 0.15) is 0 Å². The van der Waals surface area contributed by atoms with Crippen molar-refractivity contribution < 1.29 is 75.4 Å². The fourth-order valence-electron chi connectivity index (χ4n) is 0. The molecule has 0 rings (SSSR count). The summed E-state index contributed by atoms with van der Waals surface area (Å²) in [7, 11) is 0. The van der Waals surface area contributed by atoms with E-state index in [0.29, 0.717) is 0 Å².